The SMILES string of the molecule is Cc1ccc(OCC(=O)N2CCN(C(=O)C(=O)O)CC2)cc1. The van der Waals surface area contributed by atoms with Crippen LogP contribution >= 0.6 is 0 Å². The van der Waals surface area contributed by atoms with Gasteiger partial charge in [-0.05, 0) is 19.1 Å². The van der Waals surface area contributed by atoms with Crippen LogP contribution in [0.3, 0.4) is 0 Å². The van der Waals surface area contributed by atoms with E-state index in [-0.39, 0.29) is 25.6 Å². The van der Waals surface area contributed by atoms with Crippen molar-refractivity contribution in [2.75, 3.05) is 32.8 Å². The summed E-state index contributed by atoms with van der Waals surface area (Å²) in [5, 5.41) is 8.65. The number of nitrogens with zero attached hydrogens (tertiary/aromatic N) is 2. The van der Waals surface area contributed by atoms with Crippen LogP contribution in [0.4, 0.5) is 0 Å². The quantitative estimate of drug-likeness (QED) is 0.802. The number of amides is 2. The lowest BCUT2D eigenvalue weighted by molar-refractivity contribution is -0.157. The fourth-order valence-corrected chi connectivity index (χ4v) is 2.17. The monoisotopic (exact) mass is 306 g/mol. The Morgan fingerprint density at radius 3 is 2.14 bits per heavy atom. The first-order valence-corrected chi connectivity index (χ1v) is 6.97. The number of carboxylic acids is 1. The van der Waals surface area contributed by atoms with Crippen LogP contribution in [0.5, 0.6) is 5.75 Å². The lowest BCUT2D eigenvalue weighted by atomic mass is 10.2. The van der Waals surface area contributed by atoms with Crippen LogP contribution in [0, 0.1) is 6.92 Å². The van der Waals surface area contributed by atoms with E-state index in [9.17, 15) is 14.4 Å². The number of carbonyl (C=O) groups is 3. The molecular formula is C15H18N2O5. The number of rotatable bonds is 3. The molecule has 1 aliphatic rings. The van der Waals surface area contributed by atoms with Gasteiger partial charge in [-0.2, -0.15) is 0 Å². The molecule has 0 aliphatic carbocycles. The molecule has 0 bridgehead atoms. The molecule has 22 heavy (non-hydrogen) atoms. The van der Waals surface area contributed by atoms with Gasteiger partial charge >= 0.3 is 11.9 Å². The minimum absolute atomic E-state index is 0.0735. The summed E-state index contributed by atoms with van der Waals surface area (Å²) in [6, 6.07) is 7.39. The third-order valence-corrected chi connectivity index (χ3v) is 3.49. The van der Waals surface area contributed by atoms with Crippen molar-refractivity contribution in [2.24, 2.45) is 0 Å². The molecule has 0 saturated carbocycles. The second-order valence-electron chi connectivity index (χ2n) is 5.08. The van der Waals surface area contributed by atoms with E-state index >= 15 is 0 Å². The minimum Gasteiger partial charge on any atom is -0.484 e. The van der Waals surface area contributed by atoms with Crippen molar-refractivity contribution in [3.05, 3.63) is 29.8 Å². The molecule has 1 heterocycles. The predicted octanol–water partition coefficient (Wildman–Crippen LogP) is 0.129. The van der Waals surface area contributed by atoms with Crippen LogP contribution in [-0.4, -0.2) is 65.5 Å². The van der Waals surface area contributed by atoms with Crippen molar-refractivity contribution in [2.45, 2.75) is 6.92 Å². The van der Waals surface area contributed by atoms with Gasteiger partial charge < -0.3 is 19.6 Å². The van der Waals surface area contributed by atoms with Crippen LogP contribution in [0.1, 0.15) is 5.56 Å². The Morgan fingerprint density at radius 2 is 1.59 bits per heavy atom. The molecule has 7 heteroatoms. The summed E-state index contributed by atoms with van der Waals surface area (Å²) in [5.74, 6) is -1.95. The van der Waals surface area contributed by atoms with Crippen molar-refractivity contribution >= 4 is 17.8 Å². The van der Waals surface area contributed by atoms with Crippen LogP contribution in [0.2, 0.25) is 0 Å². The standard InChI is InChI=1S/C15H18N2O5/c1-11-2-4-12(5-3-11)22-10-13(18)16-6-8-17(9-7-16)14(19)15(20)21/h2-5H,6-10H2,1H3,(H,20,21). The normalized spacial score (nSPS) is 14.6. The van der Waals surface area contributed by atoms with Gasteiger partial charge in [-0.1, -0.05) is 17.7 Å². The fourth-order valence-electron chi connectivity index (χ4n) is 2.17. The summed E-state index contributed by atoms with van der Waals surface area (Å²) in [4.78, 5) is 36.7. The highest BCUT2D eigenvalue weighted by Crippen LogP contribution is 2.12. The van der Waals surface area contributed by atoms with Gasteiger partial charge in [0.15, 0.2) is 6.61 Å². The molecule has 1 fully saturated rings. The van der Waals surface area contributed by atoms with E-state index in [0.29, 0.717) is 18.8 Å². The second-order valence-corrected chi connectivity index (χ2v) is 5.08. The summed E-state index contributed by atoms with van der Waals surface area (Å²) in [5.41, 5.74) is 1.11. The molecule has 2 amide bonds. The largest absolute Gasteiger partial charge is 0.484 e. The molecule has 0 atom stereocenters. The van der Waals surface area contributed by atoms with Crippen molar-refractivity contribution in [1.82, 2.24) is 9.80 Å². The molecular weight excluding hydrogens is 288 g/mol. The Bertz CT molecular complexity index is 562. The molecule has 0 radical (unpaired) electrons. The minimum atomic E-state index is -1.47. The number of hydrogen-bond acceptors (Lipinski definition) is 4. The molecule has 118 valence electrons. The number of benzene rings is 1. The molecule has 1 aliphatic heterocycles. The number of piperazine rings is 1. The number of aryl methyl sites for hydroxylation is 1. The Balaban J connectivity index is 1.79. The van der Waals surface area contributed by atoms with Crippen molar-refractivity contribution in [1.29, 1.82) is 0 Å². The van der Waals surface area contributed by atoms with Crippen LogP contribution < -0.4 is 4.74 Å². The Labute approximate surface area is 128 Å². The van der Waals surface area contributed by atoms with Gasteiger partial charge in [0.1, 0.15) is 5.75 Å². The smallest absolute Gasteiger partial charge is 0.394 e. The van der Waals surface area contributed by atoms with E-state index in [0.717, 1.165) is 5.56 Å². The van der Waals surface area contributed by atoms with Gasteiger partial charge in [-0.3, -0.25) is 9.59 Å². The lowest BCUT2D eigenvalue weighted by Crippen LogP contribution is -2.53. The van der Waals surface area contributed by atoms with E-state index in [2.05, 4.69) is 0 Å². The predicted molar refractivity (Wildman–Crippen MR) is 77.5 cm³/mol. The second kappa shape index (κ2) is 6.93. The molecule has 1 aromatic carbocycles. The fraction of sp³-hybridized carbons (Fsp3) is 0.400. The topological polar surface area (TPSA) is 87.2 Å². The molecule has 2 rings (SSSR count). The highest BCUT2D eigenvalue weighted by atomic mass is 16.5. The maximum absolute atomic E-state index is 12.0. The zero-order valence-corrected chi connectivity index (χ0v) is 12.3. The molecule has 1 aromatic rings. The number of aliphatic carboxylic acids is 1. The van der Waals surface area contributed by atoms with Gasteiger partial charge in [0, 0.05) is 26.2 Å². The number of ether oxygens (including phenoxy) is 1. The summed E-state index contributed by atoms with van der Waals surface area (Å²) in [6.45, 7) is 2.97. The van der Waals surface area contributed by atoms with E-state index in [1.54, 1.807) is 17.0 Å². The van der Waals surface area contributed by atoms with Crippen LogP contribution in [0.15, 0.2) is 24.3 Å². The van der Waals surface area contributed by atoms with Gasteiger partial charge in [0.25, 0.3) is 5.91 Å². The Hall–Kier alpha value is -2.57. The zero-order chi connectivity index (χ0) is 16.1. The van der Waals surface area contributed by atoms with Gasteiger partial charge in [0.05, 0.1) is 0 Å². The van der Waals surface area contributed by atoms with E-state index in [4.69, 9.17) is 9.84 Å². The summed E-state index contributed by atoms with van der Waals surface area (Å²) in [7, 11) is 0. The Kier molecular flexibility index (Phi) is 4.98. The van der Waals surface area contributed by atoms with Crippen molar-refractivity contribution in [3.8, 4) is 5.75 Å². The molecule has 1 N–H and O–H groups in total. The third kappa shape index (κ3) is 3.97. The third-order valence-electron chi connectivity index (χ3n) is 3.49. The number of carbonyl (C=O) groups excluding carboxylic acids is 2. The highest BCUT2D eigenvalue weighted by Gasteiger charge is 2.27. The molecule has 7 nitrogen and oxygen atoms in total. The number of hydrogen-bond donors (Lipinski definition) is 1. The average Bonchev–Trinajstić information content (AvgIpc) is 2.53. The molecule has 1 saturated heterocycles. The van der Waals surface area contributed by atoms with E-state index < -0.39 is 11.9 Å². The first-order valence-electron chi connectivity index (χ1n) is 6.97. The Morgan fingerprint density at radius 1 is 1.05 bits per heavy atom. The summed E-state index contributed by atoms with van der Waals surface area (Å²) < 4.78 is 5.42. The maximum atomic E-state index is 12.0. The highest BCUT2D eigenvalue weighted by molar-refractivity contribution is 6.31. The first kappa shape index (κ1) is 15.8. The number of carboxylic acid groups (broad SMARTS) is 1. The van der Waals surface area contributed by atoms with Crippen LogP contribution in [0.25, 0.3) is 0 Å². The summed E-state index contributed by atoms with van der Waals surface area (Å²) in [6.07, 6.45) is 0. The molecule has 0 unspecified atom stereocenters. The first-order chi connectivity index (χ1) is 10.5. The zero-order valence-electron chi connectivity index (χ0n) is 12.3. The maximum Gasteiger partial charge on any atom is 0.394 e. The molecule has 0 spiro atoms. The van der Waals surface area contributed by atoms with Gasteiger partial charge in [-0.15, -0.1) is 0 Å². The van der Waals surface area contributed by atoms with Gasteiger partial charge in [0.2, 0.25) is 0 Å². The van der Waals surface area contributed by atoms with Crippen molar-refractivity contribution in [3.63, 3.8) is 0 Å². The van der Waals surface area contributed by atoms with E-state index in [1.807, 2.05) is 19.1 Å². The molecule has 0 aromatic heterocycles. The van der Waals surface area contributed by atoms with Crippen LogP contribution in [-0.2, 0) is 14.4 Å². The average molecular weight is 306 g/mol. The summed E-state index contributed by atoms with van der Waals surface area (Å²) >= 11 is 0. The lowest BCUT2D eigenvalue weighted by Gasteiger charge is -2.33. The van der Waals surface area contributed by atoms with E-state index in [1.165, 1.54) is 4.90 Å². The van der Waals surface area contributed by atoms with Gasteiger partial charge in [-0.25, -0.2) is 4.79 Å². The van der Waals surface area contributed by atoms with Crippen molar-refractivity contribution < 1.29 is 24.2 Å².